The molecule has 0 radical (unpaired) electrons. The normalized spacial score (nSPS) is 11.3. The second-order valence-corrected chi connectivity index (χ2v) is 5.86. The molecule has 1 aromatic carbocycles. The SMILES string of the molecule is CCc1ccc(NS(=O)(=O)c2cnc(Cl)nc2)cc1. The third-order valence-electron chi connectivity index (χ3n) is 2.52. The maximum absolute atomic E-state index is 12.0. The summed E-state index contributed by atoms with van der Waals surface area (Å²) in [4.78, 5) is 7.27. The number of nitrogens with one attached hydrogen (secondary N) is 1. The highest BCUT2D eigenvalue weighted by molar-refractivity contribution is 7.92. The third-order valence-corrected chi connectivity index (χ3v) is 4.05. The number of benzene rings is 1. The zero-order chi connectivity index (χ0) is 13.9. The van der Waals surface area contributed by atoms with E-state index in [4.69, 9.17) is 11.6 Å². The Morgan fingerprint density at radius 2 is 1.74 bits per heavy atom. The van der Waals surface area contributed by atoms with Gasteiger partial charge in [-0.25, -0.2) is 18.4 Å². The molecule has 2 aromatic rings. The van der Waals surface area contributed by atoms with Crippen LogP contribution in [0.2, 0.25) is 5.28 Å². The summed E-state index contributed by atoms with van der Waals surface area (Å²) in [5, 5.41) is 0.00579. The fourth-order valence-corrected chi connectivity index (χ4v) is 2.51. The minimum absolute atomic E-state index is 0.00579. The van der Waals surface area contributed by atoms with Gasteiger partial charge in [-0.1, -0.05) is 19.1 Å². The van der Waals surface area contributed by atoms with Crippen molar-refractivity contribution in [1.82, 2.24) is 9.97 Å². The zero-order valence-electron chi connectivity index (χ0n) is 10.2. The molecule has 0 spiro atoms. The number of sulfonamides is 1. The number of rotatable bonds is 4. The molecular weight excluding hydrogens is 286 g/mol. The van der Waals surface area contributed by atoms with E-state index < -0.39 is 10.0 Å². The lowest BCUT2D eigenvalue weighted by molar-refractivity contribution is 0.600. The Balaban J connectivity index is 2.23. The monoisotopic (exact) mass is 297 g/mol. The first-order valence-electron chi connectivity index (χ1n) is 5.60. The van der Waals surface area contributed by atoms with Gasteiger partial charge in [-0.2, -0.15) is 0 Å². The molecule has 0 aliphatic carbocycles. The Morgan fingerprint density at radius 3 is 2.26 bits per heavy atom. The highest BCUT2D eigenvalue weighted by Gasteiger charge is 2.15. The van der Waals surface area contributed by atoms with Gasteiger partial charge >= 0.3 is 0 Å². The molecule has 0 saturated carbocycles. The van der Waals surface area contributed by atoms with Crippen LogP contribution in [-0.2, 0) is 16.4 Å². The van der Waals surface area contributed by atoms with Gasteiger partial charge in [0.15, 0.2) is 0 Å². The molecule has 0 amide bonds. The van der Waals surface area contributed by atoms with Crippen LogP contribution in [0.5, 0.6) is 0 Å². The van der Waals surface area contributed by atoms with Gasteiger partial charge in [-0.05, 0) is 35.7 Å². The van der Waals surface area contributed by atoms with Crippen molar-refractivity contribution in [2.45, 2.75) is 18.2 Å². The molecule has 0 aliphatic rings. The van der Waals surface area contributed by atoms with Crippen LogP contribution in [0.25, 0.3) is 0 Å². The van der Waals surface area contributed by atoms with Crippen molar-refractivity contribution in [2.24, 2.45) is 0 Å². The largest absolute Gasteiger partial charge is 0.280 e. The van der Waals surface area contributed by atoms with Crippen molar-refractivity contribution < 1.29 is 8.42 Å². The van der Waals surface area contributed by atoms with Crippen LogP contribution in [0.1, 0.15) is 12.5 Å². The van der Waals surface area contributed by atoms with Crippen molar-refractivity contribution >= 4 is 27.3 Å². The lowest BCUT2D eigenvalue weighted by atomic mass is 10.2. The molecule has 1 aromatic heterocycles. The van der Waals surface area contributed by atoms with Crippen molar-refractivity contribution in [1.29, 1.82) is 0 Å². The Labute approximate surface area is 116 Å². The first-order valence-corrected chi connectivity index (χ1v) is 7.46. The highest BCUT2D eigenvalue weighted by Crippen LogP contribution is 2.16. The zero-order valence-corrected chi connectivity index (χ0v) is 11.7. The first kappa shape index (κ1) is 13.8. The number of aromatic nitrogens is 2. The minimum Gasteiger partial charge on any atom is -0.280 e. The predicted octanol–water partition coefficient (Wildman–Crippen LogP) is 2.49. The molecule has 0 unspecified atom stereocenters. The summed E-state index contributed by atoms with van der Waals surface area (Å²) in [6.07, 6.45) is 3.23. The molecule has 0 fully saturated rings. The Morgan fingerprint density at radius 1 is 1.16 bits per heavy atom. The standard InChI is InChI=1S/C12H12ClN3O2S/c1-2-9-3-5-10(6-4-9)16-19(17,18)11-7-14-12(13)15-8-11/h3-8,16H,2H2,1H3. The van der Waals surface area contributed by atoms with Gasteiger partial charge in [0.2, 0.25) is 5.28 Å². The third kappa shape index (κ3) is 3.42. The highest BCUT2D eigenvalue weighted by atomic mass is 35.5. The minimum atomic E-state index is -3.68. The molecule has 0 bridgehead atoms. The van der Waals surface area contributed by atoms with Crippen LogP contribution in [0.15, 0.2) is 41.6 Å². The summed E-state index contributed by atoms with van der Waals surface area (Å²) < 4.78 is 26.5. The van der Waals surface area contributed by atoms with Gasteiger partial charge in [0.1, 0.15) is 4.90 Å². The molecule has 1 N–H and O–H groups in total. The van der Waals surface area contributed by atoms with Crippen LogP contribution in [0.3, 0.4) is 0 Å². The second kappa shape index (κ2) is 5.54. The number of aryl methyl sites for hydroxylation is 1. The van der Waals surface area contributed by atoms with Crippen LogP contribution in [0.4, 0.5) is 5.69 Å². The fraction of sp³-hybridized carbons (Fsp3) is 0.167. The molecule has 2 rings (SSSR count). The molecule has 7 heteroatoms. The van der Waals surface area contributed by atoms with Crippen LogP contribution < -0.4 is 4.72 Å². The van der Waals surface area contributed by atoms with Crippen molar-refractivity contribution in [3.63, 3.8) is 0 Å². The summed E-state index contributed by atoms with van der Waals surface area (Å²) in [5.41, 5.74) is 1.63. The van der Waals surface area contributed by atoms with Gasteiger partial charge in [-0.3, -0.25) is 4.72 Å². The first-order chi connectivity index (χ1) is 9.01. The van der Waals surface area contributed by atoms with E-state index in [2.05, 4.69) is 14.7 Å². The average Bonchev–Trinajstić information content (AvgIpc) is 2.40. The van der Waals surface area contributed by atoms with E-state index >= 15 is 0 Å². The van der Waals surface area contributed by atoms with E-state index in [1.165, 1.54) is 0 Å². The summed E-state index contributed by atoms with van der Waals surface area (Å²) in [5.74, 6) is 0. The Bertz CT molecular complexity index is 654. The van der Waals surface area contributed by atoms with E-state index in [-0.39, 0.29) is 10.2 Å². The summed E-state index contributed by atoms with van der Waals surface area (Å²) in [6, 6.07) is 7.17. The fourth-order valence-electron chi connectivity index (χ4n) is 1.46. The lowest BCUT2D eigenvalue weighted by Gasteiger charge is -2.07. The molecular formula is C12H12ClN3O2S. The van der Waals surface area contributed by atoms with Crippen molar-refractivity contribution in [3.05, 3.63) is 47.5 Å². The van der Waals surface area contributed by atoms with E-state index in [9.17, 15) is 8.42 Å². The number of nitrogens with zero attached hydrogens (tertiary/aromatic N) is 2. The quantitative estimate of drug-likeness (QED) is 0.880. The second-order valence-electron chi connectivity index (χ2n) is 3.84. The number of hydrogen-bond acceptors (Lipinski definition) is 4. The van der Waals surface area contributed by atoms with E-state index in [1.54, 1.807) is 12.1 Å². The van der Waals surface area contributed by atoms with Gasteiger partial charge in [-0.15, -0.1) is 0 Å². The van der Waals surface area contributed by atoms with E-state index in [1.807, 2.05) is 19.1 Å². The van der Waals surface area contributed by atoms with Crippen LogP contribution >= 0.6 is 11.6 Å². The molecule has 0 atom stereocenters. The van der Waals surface area contributed by atoms with Crippen molar-refractivity contribution in [2.75, 3.05) is 4.72 Å². The van der Waals surface area contributed by atoms with Crippen molar-refractivity contribution in [3.8, 4) is 0 Å². The number of hydrogen-bond donors (Lipinski definition) is 1. The van der Waals surface area contributed by atoms with Gasteiger partial charge in [0.05, 0.1) is 12.4 Å². The number of halogens is 1. The van der Waals surface area contributed by atoms with Crippen LogP contribution in [-0.4, -0.2) is 18.4 Å². The van der Waals surface area contributed by atoms with E-state index in [0.717, 1.165) is 24.4 Å². The lowest BCUT2D eigenvalue weighted by Crippen LogP contribution is -2.13. The molecule has 1 heterocycles. The summed E-state index contributed by atoms with van der Waals surface area (Å²) in [6.45, 7) is 2.03. The predicted molar refractivity (Wildman–Crippen MR) is 73.7 cm³/mol. The summed E-state index contributed by atoms with van der Waals surface area (Å²) in [7, 11) is -3.68. The van der Waals surface area contributed by atoms with Gasteiger partial charge in [0.25, 0.3) is 10.0 Å². The average molecular weight is 298 g/mol. The van der Waals surface area contributed by atoms with Gasteiger partial charge in [0, 0.05) is 5.69 Å². The molecule has 19 heavy (non-hydrogen) atoms. The molecule has 0 saturated heterocycles. The van der Waals surface area contributed by atoms with Gasteiger partial charge < -0.3 is 0 Å². The Hall–Kier alpha value is -1.66. The number of anilines is 1. The molecule has 0 aliphatic heterocycles. The molecule has 5 nitrogen and oxygen atoms in total. The maximum atomic E-state index is 12.0. The van der Waals surface area contributed by atoms with Crippen LogP contribution in [0, 0.1) is 0 Å². The van der Waals surface area contributed by atoms with E-state index in [0.29, 0.717) is 5.69 Å². The Kier molecular flexibility index (Phi) is 4.01. The smallest absolute Gasteiger partial charge is 0.264 e. The maximum Gasteiger partial charge on any atom is 0.264 e. The summed E-state index contributed by atoms with van der Waals surface area (Å²) >= 11 is 5.52. The molecule has 100 valence electrons. The topological polar surface area (TPSA) is 72.0 Å².